The molecule has 19 heavy (non-hydrogen) atoms. The van der Waals surface area contributed by atoms with Gasteiger partial charge in [0.1, 0.15) is 5.76 Å². The zero-order valence-corrected chi connectivity index (χ0v) is 10.4. The summed E-state index contributed by atoms with van der Waals surface area (Å²) >= 11 is 0. The number of aryl methyl sites for hydroxylation is 1. The number of amides is 1. The Morgan fingerprint density at radius 2 is 1.95 bits per heavy atom. The summed E-state index contributed by atoms with van der Waals surface area (Å²) in [6.07, 6.45) is 1.62. The summed E-state index contributed by atoms with van der Waals surface area (Å²) in [6, 6.07) is 11.3. The Morgan fingerprint density at radius 1 is 1.21 bits per heavy atom. The van der Waals surface area contributed by atoms with E-state index < -0.39 is 5.91 Å². The van der Waals surface area contributed by atoms with Crippen molar-refractivity contribution in [3.63, 3.8) is 0 Å². The second-order valence-electron chi connectivity index (χ2n) is 4.39. The molecule has 94 valence electrons. The quantitative estimate of drug-likeness (QED) is 0.762. The fraction of sp³-hybridized carbons (Fsp3) is 0.0667. The molecule has 0 bridgehead atoms. The molecule has 0 radical (unpaired) electrons. The van der Waals surface area contributed by atoms with Crippen molar-refractivity contribution in [2.75, 3.05) is 0 Å². The van der Waals surface area contributed by atoms with Crippen molar-refractivity contribution < 1.29 is 9.21 Å². The third kappa shape index (κ3) is 1.87. The average Bonchev–Trinajstić information content (AvgIpc) is 2.78. The Bertz CT molecular complexity index is 757. The topological polar surface area (TPSA) is 69.1 Å². The van der Waals surface area contributed by atoms with E-state index in [-0.39, 0.29) is 0 Å². The van der Waals surface area contributed by atoms with E-state index in [0.29, 0.717) is 22.4 Å². The van der Waals surface area contributed by atoms with E-state index in [2.05, 4.69) is 4.98 Å². The number of carbonyl (C=O) groups excluding carboxylic acids is 1. The van der Waals surface area contributed by atoms with Gasteiger partial charge in [0, 0.05) is 11.8 Å². The Balaban J connectivity index is 2.31. The maximum Gasteiger partial charge on any atom is 0.253 e. The molecule has 1 amide bonds. The van der Waals surface area contributed by atoms with E-state index >= 15 is 0 Å². The summed E-state index contributed by atoms with van der Waals surface area (Å²) in [5, 5.41) is 0.644. The van der Waals surface area contributed by atoms with Gasteiger partial charge in [-0.3, -0.25) is 4.79 Å². The highest BCUT2D eigenvalue weighted by atomic mass is 16.3. The number of primary amides is 1. The van der Waals surface area contributed by atoms with Gasteiger partial charge in [-0.25, -0.2) is 4.98 Å². The maximum atomic E-state index is 11.7. The lowest BCUT2D eigenvalue weighted by Crippen LogP contribution is -2.11. The second-order valence-corrected chi connectivity index (χ2v) is 4.39. The maximum absolute atomic E-state index is 11.7. The molecular weight excluding hydrogens is 240 g/mol. The highest BCUT2D eigenvalue weighted by molar-refractivity contribution is 6.09. The molecule has 1 aromatic carbocycles. The molecule has 0 saturated heterocycles. The van der Waals surface area contributed by atoms with E-state index in [9.17, 15) is 4.79 Å². The molecule has 4 heteroatoms. The summed E-state index contributed by atoms with van der Waals surface area (Å²) < 4.78 is 5.67. The summed E-state index contributed by atoms with van der Waals surface area (Å²) in [7, 11) is 0. The van der Waals surface area contributed by atoms with Crippen LogP contribution in [0, 0.1) is 6.92 Å². The van der Waals surface area contributed by atoms with E-state index in [4.69, 9.17) is 10.2 Å². The number of benzene rings is 1. The van der Waals surface area contributed by atoms with Gasteiger partial charge in [0.25, 0.3) is 5.91 Å². The van der Waals surface area contributed by atoms with Gasteiger partial charge in [-0.1, -0.05) is 29.8 Å². The summed E-state index contributed by atoms with van der Waals surface area (Å²) in [6.45, 7) is 2.00. The highest BCUT2D eigenvalue weighted by Crippen LogP contribution is 2.32. The normalized spacial score (nSPS) is 10.8. The number of pyridine rings is 1. The molecule has 0 atom stereocenters. The predicted molar refractivity (Wildman–Crippen MR) is 72.7 cm³/mol. The van der Waals surface area contributed by atoms with Crippen molar-refractivity contribution in [1.82, 2.24) is 4.98 Å². The van der Waals surface area contributed by atoms with Crippen LogP contribution in [-0.2, 0) is 0 Å². The van der Waals surface area contributed by atoms with Gasteiger partial charge in [-0.2, -0.15) is 0 Å². The summed E-state index contributed by atoms with van der Waals surface area (Å²) in [4.78, 5) is 15.8. The standard InChI is InChI=1S/C15H12N2O2/c1-9-4-6-10(7-5-9)13-12(14(16)18)11-3-2-8-17-15(11)19-13/h2-8H,1H3,(H2,16,18). The Hall–Kier alpha value is -2.62. The van der Waals surface area contributed by atoms with Crippen LogP contribution in [0.2, 0.25) is 0 Å². The number of nitrogens with zero attached hydrogens (tertiary/aromatic N) is 1. The molecule has 0 aliphatic rings. The number of aromatic nitrogens is 1. The van der Waals surface area contributed by atoms with E-state index in [1.807, 2.05) is 31.2 Å². The molecule has 2 N–H and O–H groups in total. The molecule has 2 aromatic heterocycles. The number of carbonyl (C=O) groups is 1. The summed E-state index contributed by atoms with van der Waals surface area (Å²) in [5.74, 6) is -0.0384. The molecule has 2 heterocycles. The first-order chi connectivity index (χ1) is 9.16. The van der Waals surface area contributed by atoms with Crippen molar-refractivity contribution in [2.24, 2.45) is 5.73 Å². The lowest BCUT2D eigenvalue weighted by atomic mass is 10.0. The predicted octanol–water partition coefficient (Wildman–Crippen LogP) is 2.90. The molecule has 3 aromatic rings. The van der Waals surface area contributed by atoms with Crippen molar-refractivity contribution in [2.45, 2.75) is 6.92 Å². The minimum Gasteiger partial charge on any atom is -0.437 e. The molecule has 0 aliphatic heterocycles. The minimum atomic E-state index is -0.512. The zero-order valence-electron chi connectivity index (χ0n) is 10.4. The number of hydrogen-bond acceptors (Lipinski definition) is 3. The number of nitrogens with two attached hydrogens (primary N) is 1. The number of hydrogen-bond donors (Lipinski definition) is 1. The van der Waals surface area contributed by atoms with Crippen LogP contribution < -0.4 is 5.73 Å². The van der Waals surface area contributed by atoms with E-state index in [1.165, 1.54) is 0 Å². The first kappa shape index (κ1) is 11.5. The number of fused-ring (bicyclic) bond motifs is 1. The molecule has 0 saturated carbocycles. The fourth-order valence-corrected chi connectivity index (χ4v) is 2.09. The Morgan fingerprint density at radius 3 is 2.63 bits per heavy atom. The molecule has 4 nitrogen and oxygen atoms in total. The molecule has 0 aliphatic carbocycles. The van der Waals surface area contributed by atoms with Crippen molar-refractivity contribution >= 4 is 17.0 Å². The molecule has 0 spiro atoms. The number of furan rings is 1. The van der Waals surface area contributed by atoms with E-state index in [1.54, 1.807) is 18.3 Å². The van der Waals surface area contributed by atoms with Crippen LogP contribution in [0.15, 0.2) is 47.0 Å². The van der Waals surface area contributed by atoms with Gasteiger partial charge in [0.15, 0.2) is 0 Å². The monoisotopic (exact) mass is 252 g/mol. The SMILES string of the molecule is Cc1ccc(-c2oc3ncccc3c2C(N)=O)cc1. The van der Waals surface area contributed by atoms with Crippen LogP contribution in [0.5, 0.6) is 0 Å². The molecule has 3 rings (SSSR count). The van der Waals surface area contributed by atoms with Crippen LogP contribution in [0.3, 0.4) is 0 Å². The van der Waals surface area contributed by atoms with Crippen molar-refractivity contribution in [3.8, 4) is 11.3 Å². The van der Waals surface area contributed by atoms with Crippen LogP contribution >= 0.6 is 0 Å². The largest absolute Gasteiger partial charge is 0.437 e. The molecule has 0 unspecified atom stereocenters. The fourth-order valence-electron chi connectivity index (χ4n) is 2.09. The first-order valence-electron chi connectivity index (χ1n) is 5.91. The van der Waals surface area contributed by atoms with Gasteiger partial charge in [0.2, 0.25) is 5.71 Å². The van der Waals surface area contributed by atoms with Gasteiger partial charge < -0.3 is 10.2 Å². The van der Waals surface area contributed by atoms with Crippen molar-refractivity contribution in [1.29, 1.82) is 0 Å². The molecular formula is C15H12N2O2. The lowest BCUT2D eigenvalue weighted by Gasteiger charge is -2.00. The Labute approximate surface area is 109 Å². The number of rotatable bonds is 2. The van der Waals surface area contributed by atoms with Crippen LogP contribution in [0.4, 0.5) is 0 Å². The van der Waals surface area contributed by atoms with Gasteiger partial charge in [0.05, 0.1) is 10.9 Å². The van der Waals surface area contributed by atoms with Gasteiger partial charge >= 0.3 is 0 Å². The second kappa shape index (κ2) is 4.24. The third-order valence-electron chi connectivity index (χ3n) is 3.03. The van der Waals surface area contributed by atoms with Gasteiger partial charge in [-0.05, 0) is 19.1 Å². The van der Waals surface area contributed by atoms with Crippen LogP contribution in [0.1, 0.15) is 15.9 Å². The zero-order chi connectivity index (χ0) is 13.4. The Kier molecular flexibility index (Phi) is 2.56. The average molecular weight is 252 g/mol. The third-order valence-corrected chi connectivity index (χ3v) is 3.03. The highest BCUT2D eigenvalue weighted by Gasteiger charge is 2.20. The van der Waals surface area contributed by atoms with Crippen LogP contribution in [0.25, 0.3) is 22.4 Å². The first-order valence-corrected chi connectivity index (χ1v) is 5.91. The summed E-state index contributed by atoms with van der Waals surface area (Å²) in [5.41, 5.74) is 8.22. The lowest BCUT2D eigenvalue weighted by molar-refractivity contribution is 0.100. The van der Waals surface area contributed by atoms with Crippen molar-refractivity contribution in [3.05, 3.63) is 53.7 Å². The van der Waals surface area contributed by atoms with Crippen LogP contribution in [-0.4, -0.2) is 10.9 Å². The van der Waals surface area contributed by atoms with E-state index in [0.717, 1.165) is 11.1 Å². The smallest absolute Gasteiger partial charge is 0.253 e. The molecule has 0 fully saturated rings. The van der Waals surface area contributed by atoms with Gasteiger partial charge in [-0.15, -0.1) is 0 Å². The minimum absolute atomic E-state index is 0.381.